The Kier molecular flexibility index (Phi) is 5.16. The van der Waals surface area contributed by atoms with Crippen LogP contribution in [-0.2, 0) is 21.2 Å². The second-order valence-electron chi connectivity index (χ2n) is 7.54. The van der Waals surface area contributed by atoms with Crippen LogP contribution in [0.4, 0.5) is 5.69 Å². The summed E-state index contributed by atoms with van der Waals surface area (Å²) >= 11 is 0. The quantitative estimate of drug-likeness (QED) is 0.769. The van der Waals surface area contributed by atoms with Crippen molar-refractivity contribution in [2.24, 2.45) is 5.41 Å². The van der Waals surface area contributed by atoms with Gasteiger partial charge >= 0.3 is 0 Å². The fourth-order valence-corrected chi connectivity index (χ4v) is 4.38. The van der Waals surface area contributed by atoms with Crippen molar-refractivity contribution in [2.75, 3.05) is 12.0 Å². The number of hydrogen-bond acceptors (Lipinski definition) is 4. The molecule has 1 aliphatic rings. The zero-order chi connectivity index (χ0) is 19.7. The fraction of sp³-hybridized carbons (Fsp3) is 0.273. The van der Waals surface area contributed by atoms with Crippen molar-refractivity contribution in [3.63, 3.8) is 0 Å². The van der Waals surface area contributed by atoms with Crippen LogP contribution in [0.1, 0.15) is 31.4 Å². The molecule has 2 aromatic rings. The molecule has 0 saturated carbocycles. The molecule has 27 heavy (non-hydrogen) atoms. The number of anilines is 1. The van der Waals surface area contributed by atoms with E-state index < -0.39 is 15.3 Å². The molecule has 1 aliphatic carbocycles. The van der Waals surface area contributed by atoms with Crippen LogP contribution < -0.4 is 5.73 Å². The highest BCUT2D eigenvalue weighted by Gasteiger charge is 2.36. The SMILES string of the molecule is CC1(C)CC(S(C)(=O)=O)=CC(OCc2ccccc2)=C1c1ccccc1N. The minimum Gasteiger partial charge on any atom is -0.489 e. The summed E-state index contributed by atoms with van der Waals surface area (Å²) in [7, 11) is -3.31. The zero-order valence-electron chi connectivity index (χ0n) is 15.9. The van der Waals surface area contributed by atoms with Gasteiger partial charge in [-0.25, -0.2) is 8.42 Å². The van der Waals surface area contributed by atoms with Crippen LogP contribution in [-0.4, -0.2) is 14.7 Å². The number of para-hydroxylation sites is 1. The summed E-state index contributed by atoms with van der Waals surface area (Å²) in [5.74, 6) is 0.563. The van der Waals surface area contributed by atoms with E-state index in [-0.39, 0.29) is 0 Å². The minimum absolute atomic E-state index is 0.357. The lowest BCUT2D eigenvalue weighted by Crippen LogP contribution is -2.24. The van der Waals surface area contributed by atoms with Gasteiger partial charge in [-0.3, -0.25) is 0 Å². The Morgan fingerprint density at radius 3 is 2.30 bits per heavy atom. The molecule has 142 valence electrons. The third-order valence-corrected chi connectivity index (χ3v) is 5.99. The van der Waals surface area contributed by atoms with Gasteiger partial charge in [0.25, 0.3) is 0 Å². The van der Waals surface area contributed by atoms with E-state index in [2.05, 4.69) is 0 Å². The highest BCUT2D eigenvalue weighted by Crippen LogP contribution is 2.48. The number of nitrogens with two attached hydrogens (primary N) is 1. The van der Waals surface area contributed by atoms with E-state index in [0.29, 0.717) is 29.4 Å². The Morgan fingerprint density at radius 2 is 1.67 bits per heavy atom. The van der Waals surface area contributed by atoms with Crippen molar-refractivity contribution >= 4 is 21.1 Å². The van der Waals surface area contributed by atoms with Crippen LogP contribution in [0.3, 0.4) is 0 Å². The maximum atomic E-state index is 12.2. The van der Waals surface area contributed by atoms with Crippen LogP contribution in [0.2, 0.25) is 0 Å². The summed E-state index contributed by atoms with van der Waals surface area (Å²) in [6, 6.07) is 17.4. The van der Waals surface area contributed by atoms with Gasteiger partial charge in [0.1, 0.15) is 12.4 Å². The normalized spacial score (nSPS) is 16.8. The number of ether oxygens (including phenoxy) is 1. The first-order valence-electron chi connectivity index (χ1n) is 8.85. The molecule has 0 atom stereocenters. The molecule has 2 N–H and O–H groups in total. The number of allylic oxidation sites excluding steroid dienone is 3. The van der Waals surface area contributed by atoms with E-state index in [4.69, 9.17) is 10.5 Å². The Bertz CT molecular complexity index is 1000. The van der Waals surface area contributed by atoms with Gasteiger partial charge in [0.05, 0.1) is 0 Å². The van der Waals surface area contributed by atoms with Crippen LogP contribution in [0.5, 0.6) is 0 Å². The van der Waals surface area contributed by atoms with Gasteiger partial charge in [-0.1, -0.05) is 62.4 Å². The lowest BCUT2D eigenvalue weighted by atomic mass is 9.74. The molecule has 0 spiro atoms. The summed E-state index contributed by atoms with van der Waals surface area (Å²) in [6.45, 7) is 4.41. The van der Waals surface area contributed by atoms with Crippen molar-refractivity contribution in [3.8, 4) is 0 Å². The van der Waals surface area contributed by atoms with Crippen LogP contribution in [0.25, 0.3) is 5.57 Å². The van der Waals surface area contributed by atoms with Gasteiger partial charge in [-0.05, 0) is 29.5 Å². The van der Waals surface area contributed by atoms with Crippen molar-refractivity contribution in [2.45, 2.75) is 26.9 Å². The predicted molar refractivity (Wildman–Crippen MR) is 110 cm³/mol. The third-order valence-electron chi connectivity index (χ3n) is 4.77. The Hall–Kier alpha value is -2.53. The summed E-state index contributed by atoms with van der Waals surface area (Å²) in [5, 5.41) is 0. The van der Waals surface area contributed by atoms with E-state index in [1.165, 1.54) is 6.26 Å². The smallest absolute Gasteiger partial charge is 0.171 e. The standard InChI is InChI=1S/C22H25NO3S/c1-22(2)14-17(27(3,24)25)13-20(26-15-16-9-5-4-6-10-16)21(22)18-11-7-8-12-19(18)23/h4-13H,14-15,23H2,1-3H3. The molecule has 0 aromatic heterocycles. The first-order chi connectivity index (χ1) is 12.7. The zero-order valence-corrected chi connectivity index (χ0v) is 16.7. The van der Waals surface area contributed by atoms with E-state index in [9.17, 15) is 8.42 Å². The topological polar surface area (TPSA) is 69.4 Å². The third kappa shape index (κ3) is 4.25. The second kappa shape index (κ2) is 7.24. The lowest BCUT2D eigenvalue weighted by Gasteiger charge is -2.35. The van der Waals surface area contributed by atoms with Crippen LogP contribution in [0.15, 0.2) is 71.3 Å². The highest BCUT2D eigenvalue weighted by molar-refractivity contribution is 7.94. The van der Waals surface area contributed by atoms with E-state index in [1.807, 2.05) is 68.4 Å². The number of nitrogen functional groups attached to an aromatic ring is 1. The average molecular weight is 384 g/mol. The van der Waals surface area contributed by atoms with Gasteiger partial charge in [0, 0.05) is 28.0 Å². The molecule has 0 amide bonds. The number of sulfone groups is 1. The molecule has 4 nitrogen and oxygen atoms in total. The second-order valence-corrected chi connectivity index (χ2v) is 9.61. The maximum Gasteiger partial charge on any atom is 0.171 e. The summed E-state index contributed by atoms with van der Waals surface area (Å²) in [4.78, 5) is 0.383. The predicted octanol–water partition coefficient (Wildman–Crippen LogP) is 4.56. The molecule has 0 bridgehead atoms. The molecule has 0 heterocycles. The van der Waals surface area contributed by atoms with Crippen molar-refractivity contribution in [3.05, 3.63) is 82.5 Å². The fourth-order valence-electron chi connectivity index (χ4n) is 3.44. The monoisotopic (exact) mass is 383 g/mol. The average Bonchev–Trinajstić information content (AvgIpc) is 2.60. The molecule has 0 fully saturated rings. The number of hydrogen-bond donors (Lipinski definition) is 1. The molecule has 0 unspecified atom stereocenters. The molecule has 0 radical (unpaired) electrons. The molecular formula is C22H25NO3S. The van der Waals surface area contributed by atoms with Crippen LogP contribution in [0, 0.1) is 5.41 Å². The van der Waals surface area contributed by atoms with Crippen molar-refractivity contribution in [1.29, 1.82) is 0 Å². The number of rotatable bonds is 5. The van der Waals surface area contributed by atoms with Crippen molar-refractivity contribution < 1.29 is 13.2 Å². The molecule has 2 aromatic carbocycles. The van der Waals surface area contributed by atoms with E-state index in [0.717, 1.165) is 16.7 Å². The molecule has 0 saturated heterocycles. The summed E-state index contributed by atoms with van der Waals surface area (Å²) < 4.78 is 30.6. The Balaban J connectivity index is 2.13. The highest BCUT2D eigenvalue weighted by atomic mass is 32.2. The largest absolute Gasteiger partial charge is 0.489 e. The van der Waals surface area contributed by atoms with Gasteiger partial charge < -0.3 is 10.5 Å². The van der Waals surface area contributed by atoms with E-state index in [1.54, 1.807) is 6.08 Å². The number of benzene rings is 2. The van der Waals surface area contributed by atoms with Gasteiger partial charge in [-0.15, -0.1) is 0 Å². The van der Waals surface area contributed by atoms with E-state index >= 15 is 0 Å². The molecular weight excluding hydrogens is 358 g/mol. The van der Waals surface area contributed by atoms with Gasteiger partial charge in [-0.2, -0.15) is 0 Å². The molecule has 0 aliphatic heterocycles. The van der Waals surface area contributed by atoms with Gasteiger partial charge in [0.2, 0.25) is 0 Å². The summed E-state index contributed by atoms with van der Waals surface area (Å²) in [5.41, 5.74) is 9.28. The Labute approximate surface area is 161 Å². The minimum atomic E-state index is -3.31. The first-order valence-corrected chi connectivity index (χ1v) is 10.7. The molecule has 5 heteroatoms. The molecule has 3 rings (SSSR count). The summed E-state index contributed by atoms with van der Waals surface area (Å²) in [6.07, 6.45) is 3.31. The first kappa shape index (κ1) is 19.2. The maximum absolute atomic E-state index is 12.2. The van der Waals surface area contributed by atoms with Crippen LogP contribution >= 0.6 is 0 Å². The lowest BCUT2D eigenvalue weighted by molar-refractivity contribution is 0.206. The Morgan fingerprint density at radius 1 is 1.04 bits per heavy atom. The van der Waals surface area contributed by atoms with Crippen molar-refractivity contribution in [1.82, 2.24) is 0 Å². The van der Waals surface area contributed by atoms with Gasteiger partial charge in [0.15, 0.2) is 9.84 Å².